The lowest BCUT2D eigenvalue weighted by atomic mass is 9.99. The van der Waals surface area contributed by atoms with Crippen LogP contribution in [0.3, 0.4) is 0 Å². The number of rotatable bonds is 4. The molecule has 0 aliphatic rings. The molecule has 0 bridgehead atoms. The van der Waals surface area contributed by atoms with Crippen molar-refractivity contribution in [1.82, 2.24) is 9.97 Å². The fourth-order valence-corrected chi connectivity index (χ4v) is 6.30. The molecular weight excluding hydrogens is 749 g/mol. The predicted molar refractivity (Wildman–Crippen MR) is 263 cm³/mol. The maximum atomic E-state index is 11.3. The van der Waals surface area contributed by atoms with E-state index >= 15 is 0 Å². The Morgan fingerprint density at radius 2 is 0.967 bits per heavy atom. The number of fused-ring (bicyclic) bond motifs is 4. The van der Waals surface area contributed by atoms with E-state index in [0.29, 0.717) is 29.4 Å². The van der Waals surface area contributed by atoms with Gasteiger partial charge in [0.2, 0.25) is 0 Å². The second-order valence-electron chi connectivity index (χ2n) is 16.5. The SMILES string of the molecule is CC(=N)N.CC(C)=N.CC(C)c1c[n+]([O-])cc2ccccc12.CC(C)c1cc2ccccc2cn1.CC(C)c1ccc2ccccc2c1.CC(C)c1cncc2ccccc12. The van der Waals surface area contributed by atoms with Gasteiger partial charge in [0, 0.05) is 51.7 Å². The molecule has 7 nitrogen and oxygen atoms in total. The lowest BCUT2D eigenvalue weighted by Crippen LogP contribution is -2.25. The maximum Gasteiger partial charge on any atom is 0.188 e. The Hall–Kier alpha value is -6.47. The number of aromatic nitrogens is 3. The van der Waals surface area contributed by atoms with Crippen LogP contribution in [0.5, 0.6) is 0 Å². The first kappa shape index (κ1) is 48.9. The van der Waals surface area contributed by atoms with Crippen molar-refractivity contribution >= 4 is 54.6 Å². The molecule has 0 radical (unpaired) electrons. The highest BCUT2D eigenvalue weighted by atomic mass is 16.5. The number of pyridine rings is 3. The second-order valence-corrected chi connectivity index (χ2v) is 16.5. The summed E-state index contributed by atoms with van der Waals surface area (Å²) in [5, 5.41) is 34.0. The molecule has 4 N–H and O–H groups in total. The number of amidine groups is 1. The van der Waals surface area contributed by atoms with Gasteiger partial charge in [0.25, 0.3) is 0 Å². The monoisotopic (exact) mass is 815 g/mol. The summed E-state index contributed by atoms with van der Waals surface area (Å²) in [6.07, 6.45) is 9.10. The Morgan fingerprint density at radius 3 is 1.49 bits per heavy atom. The molecule has 0 amide bonds. The first-order valence-electron chi connectivity index (χ1n) is 21.1. The lowest BCUT2D eigenvalue weighted by molar-refractivity contribution is -0.604. The second kappa shape index (κ2) is 24.6. The molecule has 0 aliphatic heterocycles. The number of nitrogens with zero attached hydrogens (tertiary/aromatic N) is 3. The van der Waals surface area contributed by atoms with Crippen molar-refractivity contribution in [2.24, 2.45) is 5.73 Å². The summed E-state index contributed by atoms with van der Waals surface area (Å²) < 4.78 is 0.887. The van der Waals surface area contributed by atoms with E-state index in [9.17, 15) is 5.21 Å². The summed E-state index contributed by atoms with van der Waals surface area (Å²) in [7, 11) is 0. The number of hydrogen-bond acceptors (Lipinski definition) is 5. The van der Waals surface area contributed by atoms with Gasteiger partial charge in [-0.25, -0.2) is 0 Å². The van der Waals surface area contributed by atoms with Gasteiger partial charge in [-0.05, 0) is 94.6 Å². The normalized spacial score (nSPS) is 10.4. The zero-order chi connectivity index (χ0) is 45.1. The third-order valence-electron chi connectivity index (χ3n) is 9.43. The highest BCUT2D eigenvalue weighted by Gasteiger charge is 2.09. The Bertz CT molecular complexity index is 2490. The van der Waals surface area contributed by atoms with Gasteiger partial charge >= 0.3 is 0 Å². The zero-order valence-corrected chi connectivity index (χ0v) is 38.1. The minimum atomic E-state index is 0.167. The third-order valence-corrected chi connectivity index (χ3v) is 9.43. The van der Waals surface area contributed by atoms with E-state index in [-0.39, 0.29) is 5.84 Å². The average Bonchev–Trinajstić information content (AvgIpc) is 3.23. The van der Waals surface area contributed by atoms with Crippen LogP contribution in [0.15, 0.2) is 152 Å². The van der Waals surface area contributed by atoms with Crippen LogP contribution in [0.2, 0.25) is 0 Å². The number of benzene rings is 5. The summed E-state index contributed by atoms with van der Waals surface area (Å²) in [5.41, 5.74) is 10.4. The molecule has 318 valence electrons. The van der Waals surface area contributed by atoms with Crippen LogP contribution < -0.4 is 10.5 Å². The average molecular weight is 815 g/mol. The fraction of sp³-hybridized carbons (Fsp3) is 0.278. The van der Waals surface area contributed by atoms with Crippen molar-refractivity contribution in [3.63, 3.8) is 0 Å². The summed E-state index contributed by atoms with van der Waals surface area (Å²) >= 11 is 0. The Balaban J connectivity index is 0.000000205. The molecule has 8 aromatic rings. The topological polar surface area (TPSA) is 126 Å². The molecule has 0 saturated heterocycles. The predicted octanol–water partition coefficient (Wildman–Crippen LogP) is 14.3. The molecule has 5 aromatic carbocycles. The molecule has 7 heteroatoms. The molecule has 3 heterocycles. The van der Waals surface area contributed by atoms with Crippen LogP contribution in [0.25, 0.3) is 43.1 Å². The first-order chi connectivity index (χ1) is 29.0. The molecule has 0 unspecified atom stereocenters. The van der Waals surface area contributed by atoms with Gasteiger partial charge < -0.3 is 16.4 Å². The van der Waals surface area contributed by atoms with Crippen molar-refractivity contribution in [1.29, 1.82) is 10.8 Å². The molecular formula is C54H66N6O. The van der Waals surface area contributed by atoms with E-state index in [0.717, 1.165) is 15.7 Å². The molecule has 3 aromatic heterocycles. The van der Waals surface area contributed by atoms with Gasteiger partial charge in [-0.15, -0.1) is 0 Å². The van der Waals surface area contributed by atoms with E-state index in [1.54, 1.807) is 26.2 Å². The number of hydrogen-bond donors (Lipinski definition) is 3. The molecule has 0 saturated carbocycles. The van der Waals surface area contributed by atoms with Crippen LogP contribution in [0.1, 0.15) is 122 Å². The van der Waals surface area contributed by atoms with Crippen LogP contribution in [-0.4, -0.2) is 21.5 Å². The van der Waals surface area contributed by atoms with Crippen molar-refractivity contribution in [2.75, 3.05) is 0 Å². The van der Waals surface area contributed by atoms with E-state index in [1.807, 2.05) is 48.9 Å². The Morgan fingerprint density at radius 1 is 0.508 bits per heavy atom. The molecule has 61 heavy (non-hydrogen) atoms. The minimum absolute atomic E-state index is 0.167. The Kier molecular flexibility index (Phi) is 19.7. The van der Waals surface area contributed by atoms with E-state index in [1.165, 1.54) is 61.4 Å². The van der Waals surface area contributed by atoms with Gasteiger partial charge in [-0.1, -0.05) is 165 Å². The quantitative estimate of drug-likeness (QED) is 0.0707. The van der Waals surface area contributed by atoms with Crippen LogP contribution in [0.4, 0.5) is 0 Å². The van der Waals surface area contributed by atoms with Crippen molar-refractivity contribution in [2.45, 2.75) is 99.8 Å². The summed E-state index contributed by atoms with van der Waals surface area (Å²) in [5.74, 6) is 2.20. The van der Waals surface area contributed by atoms with Crippen molar-refractivity contribution in [3.8, 4) is 0 Å². The van der Waals surface area contributed by atoms with Crippen molar-refractivity contribution in [3.05, 3.63) is 180 Å². The minimum Gasteiger partial charge on any atom is -0.619 e. The smallest absolute Gasteiger partial charge is 0.188 e. The molecule has 0 spiro atoms. The zero-order valence-electron chi connectivity index (χ0n) is 38.1. The van der Waals surface area contributed by atoms with E-state index in [4.69, 9.17) is 16.6 Å². The number of nitrogens with one attached hydrogen (secondary N) is 2. The van der Waals surface area contributed by atoms with Crippen LogP contribution in [-0.2, 0) is 0 Å². The van der Waals surface area contributed by atoms with E-state index in [2.05, 4.69) is 156 Å². The van der Waals surface area contributed by atoms with Crippen molar-refractivity contribution < 1.29 is 4.73 Å². The molecule has 0 aliphatic carbocycles. The van der Waals surface area contributed by atoms with Gasteiger partial charge in [0.15, 0.2) is 12.4 Å². The van der Waals surface area contributed by atoms with Gasteiger partial charge in [0.05, 0.1) is 5.84 Å². The highest BCUT2D eigenvalue weighted by Crippen LogP contribution is 2.25. The maximum absolute atomic E-state index is 11.3. The summed E-state index contributed by atoms with van der Waals surface area (Å²) in [6, 6.07) is 42.0. The van der Waals surface area contributed by atoms with Crippen LogP contribution >= 0.6 is 0 Å². The first-order valence-corrected chi connectivity index (χ1v) is 21.1. The fourth-order valence-electron chi connectivity index (χ4n) is 6.30. The van der Waals surface area contributed by atoms with Gasteiger partial charge in [0.1, 0.15) is 0 Å². The molecule has 0 atom stereocenters. The summed E-state index contributed by atoms with van der Waals surface area (Å²) in [6.45, 7) is 22.4. The highest BCUT2D eigenvalue weighted by molar-refractivity contribution is 5.86. The number of nitrogens with two attached hydrogens (primary N) is 1. The van der Waals surface area contributed by atoms with E-state index < -0.39 is 0 Å². The largest absolute Gasteiger partial charge is 0.619 e. The van der Waals surface area contributed by atoms with Gasteiger partial charge in [-0.2, -0.15) is 4.73 Å². The standard InChI is InChI=1S/C13H14.C12H13NO.2C12H13N.C3H7N.C2H6N2/c1-10(2)12-8-7-11-5-3-4-6-13(11)9-12;1-9(2)12-8-13(14)7-10-5-3-4-6-11(10)12;1-9(2)12-8-13-7-10-5-3-4-6-11(10)12;1-9(2)12-7-10-5-3-4-6-11(10)8-13-12;1-3(2)4;1-2(3)4/h3-10H,1-2H3;3-9H,1-2H3;2*3-9H,1-2H3;4H,1-2H3;1H3,(H3,3,4). The lowest BCUT2D eigenvalue weighted by Gasteiger charge is -2.08. The summed E-state index contributed by atoms with van der Waals surface area (Å²) in [4.78, 5) is 8.64. The Labute approximate surface area is 364 Å². The third kappa shape index (κ3) is 16.2. The van der Waals surface area contributed by atoms with Crippen LogP contribution in [0, 0.1) is 16.0 Å². The molecule has 0 fully saturated rings. The van der Waals surface area contributed by atoms with Gasteiger partial charge in [-0.3, -0.25) is 15.4 Å². The molecule has 8 rings (SSSR count).